The number of carbonyl (C=O) groups is 2. The number of H-pyrrole nitrogens is 1. The van der Waals surface area contributed by atoms with E-state index in [-0.39, 0.29) is 23.2 Å². The third-order valence-electron chi connectivity index (χ3n) is 5.40. The molecule has 2 N–H and O–H groups in total. The van der Waals surface area contributed by atoms with Gasteiger partial charge in [-0.05, 0) is 49.8 Å². The summed E-state index contributed by atoms with van der Waals surface area (Å²) in [5, 5.41) is 9.55. The van der Waals surface area contributed by atoms with Crippen LogP contribution in [0.5, 0.6) is 0 Å². The highest BCUT2D eigenvalue weighted by molar-refractivity contribution is 6.02. The Bertz CT molecular complexity index is 838. The van der Waals surface area contributed by atoms with E-state index >= 15 is 0 Å². The van der Waals surface area contributed by atoms with Crippen LogP contribution in [0.1, 0.15) is 54.2 Å². The largest absolute Gasteiger partial charge is 0.343 e. The van der Waals surface area contributed by atoms with Gasteiger partial charge in [-0.2, -0.15) is 5.10 Å². The van der Waals surface area contributed by atoms with Gasteiger partial charge in [-0.3, -0.25) is 14.7 Å². The van der Waals surface area contributed by atoms with Gasteiger partial charge < -0.3 is 10.2 Å². The predicted molar refractivity (Wildman–Crippen MR) is 98.8 cm³/mol. The van der Waals surface area contributed by atoms with E-state index in [1.165, 1.54) is 25.0 Å². The SMILES string of the molecule is O=C(Nc1ccccc1F)c1cc(C2CCN(C(=O)CC3CC3)CC2)[nH]n1. The molecule has 0 spiro atoms. The minimum atomic E-state index is -0.482. The minimum absolute atomic E-state index is 0.134. The summed E-state index contributed by atoms with van der Waals surface area (Å²) < 4.78 is 13.7. The van der Waals surface area contributed by atoms with E-state index in [9.17, 15) is 14.0 Å². The van der Waals surface area contributed by atoms with Crippen molar-refractivity contribution in [2.45, 2.75) is 38.0 Å². The molecule has 1 aliphatic heterocycles. The maximum Gasteiger partial charge on any atom is 0.276 e. The van der Waals surface area contributed by atoms with Crippen molar-refractivity contribution in [1.82, 2.24) is 15.1 Å². The van der Waals surface area contributed by atoms with Crippen molar-refractivity contribution in [3.05, 3.63) is 47.5 Å². The van der Waals surface area contributed by atoms with Crippen molar-refractivity contribution < 1.29 is 14.0 Å². The fourth-order valence-electron chi connectivity index (χ4n) is 3.55. The molecule has 2 fully saturated rings. The Balaban J connectivity index is 1.33. The minimum Gasteiger partial charge on any atom is -0.343 e. The number of benzene rings is 1. The predicted octanol–water partition coefficient (Wildman–Crippen LogP) is 3.31. The molecule has 7 heteroatoms. The van der Waals surface area contributed by atoms with Crippen molar-refractivity contribution in [2.75, 3.05) is 18.4 Å². The quantitative estimate of drug-likeness (QED) is 0.848. The number of nitrogens with zero attached hydrogens (tertiary/aromatic N) is 2. The normalized spacial score (nSPS) is 17.7. The third-order valence-corrected chi connectivity index (χ3v) is 5.40. The lowest BCUT2D eigenvalue weighted by atomic mass is 9.93. The summed E-state index contributed by atoms with van der Waals surface area (Å²) >= 11 is 0. The van der Waals surface area contributed by atoms with Crippen LogP contribution in [0.2, 0.25) is 0 Å². The molecule has 1 aromatic heterocycles. The average molecular weight is 370 g/mol. The summed E-state index contributed by atoms with van der Waals surface area (Å²) in [5.41, 5.74) is 1.26. The Kier molecular flexibility index (Phi) is 4.92. The van der Waals surface area contributed by atoms with Crippen LogP contribution in [-0.2, 0) is 4.79 Å². The molecule has 2 heterocycles. The molecule has 27 heavy (non-hydrogen) atoms. The maximum atomic E-state index is 13.7. The molecule has 0 bridgehead atoms. The fraction of sp³-hybridized carbons (Fsp3) is 0.450. The van der Waals surface area contributed by atoms with Crippen LogP contribution in [0.3, 0.4) is 0 Å². The summed E-state index contributed by atoms with van der Waals surface area (Å²) in [6, 6.07) is 7.76. The molecule has 0 unspecified atom stereocenters. The van der Waals surface area contributed by atoms with Gasteiger partial charge in [0.2, 0.25) is 5.91 Å². The molecule has 1 saturated heterocycles. The molecule has 2 aliphatic rings. The summed E-state index contributed by atoms with van der Waals surface area (Å²) in [4.78, 5) is 26.5. The Hall–Kier alpha value is -2.70. The van der Waals surface area contributed by atoms with Crippen molar-refractivity contribution in [2.24, 2.45) is 5.92 Å². The van der Waals surface area contributed by atoms with E-state index in [2.05, 4.69) is 15.5 Å². The van der Waals surface area contributed by atoms with Gasteiger partial charge in [-0.25, -0.2) is 4.39 Å². The maximum absolute atomic E-state index is 13.7. The zero-order chi connectivity index (χ0) is 18.8. The fourth-order valence-corrected chi connectivity index (χ4v) is 3.55. The second-order valence-electron chi connectivity index (χ2n) is 7.45. The van der Waals surface area contributed by atoms with Crippen LogP contribution >= 0.6 is 0 Å². The van der Waals surface area contributed by atoms with Crippen LogP contribution in [0.4, 0.5) is 10.1 Å². The van der Waals surface area contributed by atoms with Gasteiger partial charge in [0, 0.05) is 31.1 Å². The van der Waals surface area contributed by atoms with Gasteiger partial charge in [-0.15, -0.1) is 0 Å². The molecule has 2 aromatic rings. The Morgan fingerprint density at radius 1 is 1.19 bits per heavy atom. The number of hydrogen-bond acceptors (Lipinski definition) is 3. The van der Waals surface area contributed by atoms with Gasteiger partial charge in [0.25, 0.3) is 5.91 Å². The summed E-state index contributed by atoms with van der Waals surface area (Å²) in [7, 11) is 0. The summed E-state index contributed by atoms with van der Waals surface area (Å²) in [5.74, 6) is 0.200. The number of aromatic amines is 1. The van der Waals surface area contributed by atoms with Crippen molar-refractivity contribution in [3.8, 4) is 0 Å². The molecule has 142 valence electrons. The van der Waals surface area contributed by atoms with Crippen LogP contribution in [0.15, 0.2) is 30.3 Å². The van der Waals surface area contributed by atoms with Gasteiger partial charge in [0.05, 0.1) is 5.69 Å². The molecule has 6 nitrogen and oxygen atoms in total. The lowest BCUT2D eigenvalue weighted by Gasteiger charge is -2.31. The molecule has 0 atom stereocenters. The number of hydrogen-bond donors (Lipinski definition) is 2. The summed E-state index contributed by atoms with van der Waals surface area (Å²) in [6.45, 7) is 1.48. The van der Waals surface area contributed by atoms with Crippen molar-refractivity contribution in [1.29, 1.82) is 0 Å². The van der Waals surface area contributed by atoms with Gasteiger partial charge in [0.1, 0.15) is 5.82 Å². The van der Waals surface area contributed by atoms with Crippen molar-refractivity contribution >= 4 is 17.5 Å². The highest BCUT2D eigenvalue weighted by Gasteiger charge is 2.30. The van der Waals surface area contributed by atoms with Crippen LogP contribution in [0, 0.1) is 11.7 Å². The van der Waals surface area contributed by atoms with E-state index in [0.29, 0.717) is 12.3 Å². The zero-order valence-electron chi connectivity index (χ0n) is 15.1. The highest BCUT2D eigenvalue weighted by Crippen LogP contribution is 2.34. The van der Waals surface area contributed by atoms with Crippen LogP contribution < -0.4 is 5.32 Å². The number of anilines is 1. The monoisotopic (exact) mass is 370 g/mol. The number of aromatic nitrogens is 2. The lowest BCUT2D eigenvalue weighted by molar-refractivity contribution is -0.132. The van der Waals surface area contributed by atoms with Gasteiger partial charge >= 0.3 is 0 Å². The lowest BCUT2D eigenvalue weighted by Crippen LogP contribution is -2.38. The molecular formula is C20H23FN4O2. The number of rotatable bonds is 5. The topological polar surface area (TPSA) is 78.1 Å². The molecular weight excluding hydrogens is 347 g/mol. The highest BCUT2D eigenvalue weighted by atomic mass is 19.1. The van der Waals surface area contributed by atoms with Crippen molar-refractivity contribution in [3.63, 3.8) is 0 Å². The molecule has 1 aliphatic carbocycles. The first-order valence-electron chi connectivity index (χ1n) is 9.49. The van der Waals surface area contributed by atoms with Crippen LogP contribution in [0.25, 0.3) is 0 Å². The molecule has 0 radical (unpaired) electrons. The third kappa shape index (κ3) is 4.18. The Morgan fingerprint density at radius 3 is 2.63 bits per heavy atom. The molecule has 2 amide bonds. The first-order chi connectivity index (χ1) is 13.1. The standard InChI is InChI=1S/C20H23FN4O2/c21-15-3-1-2-4-16(15)22-20(27)18-12-17(23-24-18)14-7-9-25(10-8-14)19(26)11-13-5-6-13/h1-4,12-14H,5-11H2,(H,22,27)(H,23,24). The molecule has 1 aromatic carbocycles. The first-order valence-corrected chi connectivity index (χ1v) is 9.49. The second-order valence-corrected chi connectivity index (χ2v) is 7.45. The number of halogens is 1. The first kappa shape index (κ1) is 17.7. The smallest absolute Gasteiger partial charge is 0.276 e. The number of para-hydroxylation sites is 1. The van der Waals surface area contributed by atoms with E-state index in [0.717, 1.165) is 31.6 Å². The number of amides is 2. The second kappa shape index (κ2) is 7.50. The Morgan fingerprint density at radius 2 is 1.93 bits per heavy atom. The van der Waals surface area contributed by atoms with E-state index in [1.54, 1.807) is 18.2 Å². The molecule has 4 rings (SSSR count). The van der Waals surface area contributed by atoms with E-state index in [1.807, 2.05) is 4.90 Å². The van der Waals surface area contributed by atoms with E-state index < -0.39 is 11.7 Å². The van der Waals surface area contributed by atoms with Gasteiger partial charge in [0.15, 0.2) is 5.69 Å². The Labute approximate surface area is 157 Å². The summed E-state index contributed by atoms with van der Waals surface area (Å²) in [6.07, 6.45) is 4.77. The number of piperidine rings is 1. The number of carbonyl (C=O) groups excluding carboxylic acids is 2. The average Bonchev–Trinajstić information content (AvgIpc) is 3.35. The zero-order valence-corrected chi connectivity index (χ0v) is 15.1. The van der Waals surface area contributed by atoms with E-state index in [4.69, 9.17) is 0 Å². The number of nitrogens with one attached hydrogen (secondary N) is 2. The van der Waals surface area contributed by atoms with Gasteiger partial charge in [-0.1, -0.05) is 12.1 Å². The number of likely N-dealkylation sites (tertiary alicyclic amines) is 1. The molecule has 1 saturated carbocycles. The van der Waals surface area contributed by atoms with Crippen LogP contribution in [-0.4, -0.2) is 40.0 Å².